The number of alkyl halides is 1. The molecule has 1 unspecified atom stereocenters. The van der Waals surface area contributed by atoms with Gasteiger partial charge in [0.25, 0.3) is 5.69 Å². The van der Waals surface area contributed by atoms with Gasteiger partial charge in [-0.05, 0) is 42.2 Å². The molecule has 0 heterocycles. The maximum atomic E-state index is 10.6. The zero-order chi connectivity index (χ0) is 14.7. The second-order valence-electron chi connectivity index (χ2n) is 4.66. The Bertz CT molecular complexity index is 608. The minimum absolute atomic E-state index is 0.110. The van der Waals surface area contributed by atoms with Gasteiger partial charge in [0.15, 0.2) is 0 Å². The van der Waals surface area contributed by atoms with Crippen LogP contribution in [0.3, 0.4) is 0 Å². The van der Waals surface area contributed by atoms with Crippen LogP contribution in [0.4, 0.5) is 5.69 Å². The Labute approximate surface area is 130 Å². The van der Waals surface area contributed by atoms with Crippen LogP contribution in [0.25, 0.3) is 0 Å². The Kier molecular flexibility index (Phi) is 4.78. The molecule has 2 aromatic carbocycles. The van der Waals surface area contributed by atoms with Gasteiger partial charge in [0.2, 0.25) is 0 Å². The normalized spacial score (nSPS) is 12.2. The molecule has 0 fully saturated rings. The van der Waals surface area contributed by atoms with Gasteiger partial charge < -0.3 is 0 Å². The lowest BCUT2D eigenvalue weighted by atomic mass is 10.0. The third-order valence-corrected chi connectivity index (χ3v) is 4.06. The van der Waals surface area contributed by atoms with Crippen LogP contribution in [-0.4, -0.2) is 4.92 Å². The maximum Gasteiger partial charge on any atom is 0.269 e. The van der Waals surface area contributed by atoms with Crippen LogP contribution in [0.1, 0.15) is 21.5 Å². The Morgan fingerprint density at radius 2 is 1.90 bits per heavy atom. The van der Waals surface area contributed by atoms with Crippen LogP contribution >= 0.6 is 27.5 Å². The van der Waals surface area contributed by atoms with Gasteiger partial charge in [-0.2, -0.15) is 0 Å². The SMILES string of the molecule is Cc1cc(Cl)cc(C(Br)Cc2ccc([N+](=O)[O-])cc2)c1. The third-order valence-electron chi connectivity index (χ3n) is 2.99. The van der Waals surface area contributed by atoms with E-state index in [0.29, 0.717) is 5.02 Å². The minimum Gasteiger partial charge on any atom is -0.258 e. The van der Waals surface area contributed by atoms with Gasteiger partial charge in [-0.1, -0.05) is 45.7 Å². The number of nitro benzene ring substituents is 1. The van der Waals surface area contributed by atoms with E-state index in [2.05, 4.69) is 22.0 Å². The molecule has 0 amide bonds. The summed E-state index contributed by atoms with van der Waals surface area (Å²) in [6.45, 7) is 2.00. The van der Waals surface area contributed by atoms with Crippen molar-refractivity contribution < 1.29 is 4.92 Å². The van der Waals surface area contributed by atoms with Crippen molar-refractivity contribution in [3.63, 3.8) is 0 Å². The fourth-order valence-electron chi connectivity index (χ4n) is 2.02. The summed E-state index contributed by atoms with van der Waals surface area (Å²) < 4.78 is 0. The minimum atomic E-state index is -0.393. The second kappa shape index (κ2) is 6.37. The van der Waals surface area contributed by atoms with Gasteiger partial charge in [0, 0.05) is 22.0 Å². The summed E-state index contributed by atoms with van der Waals surface area (Å²) >= 11 is 9.70. The molecule has 0 N–H and O–H groups in total. The third kappa shape index (κ3) is 3.81. The van der Waals surface area contributed by atoms with Crippen molar-refractivity contribution in [3.05, 3.63) is 74.3 Å². The number of non-ortho nitro benzene ring substituents is 1. The van der Waals surface area contributed by atoms with Crippen LogP contribution < -0.4 is 0 Å². The number of hydrogen-bond donors (Lipinski definition) is 0. The fourth-order valence-corrected chi connectivity index (χ4v) is 2.96. The van der Waals surface area contributed by atoms with E-state index in [1.54, 1.807) is 12.1 Å². The number of nitro groups is 1. The zero-order valence-electron chi connectivity index (χ0n) is 10.8. The largest absolute Gasteiger partial charge is 0.269 e. The molecule has 0 aliphatic heterocycles. The maximum absolute atomic E-state index is 10.6. The topological polar surface area (TPSA) is 43.1 Å². The van der Waals surface area contributed by atoms with E-state index in [9.17, 15) is 10.1 Å². The molecule has 0 spiro atoms. The number of benzene rings is 2. The molecular formula is C15H13BrClNO2. The summed E-state index contributed by atoms with van der Waals surface area (Å²) in [6.07, 6.45) is 0.748. The summed E-state index contributed by atoms with van der Waals surface area (Å²) in [5, 5.41) is 11.3. The monoisotopic (exact) mass is 353 g/mol. The fraction of sp³-hybridized carbons (Fsp3) is 0.200. The molecule has 0 aliphatic carbocycles. The molecule has 0 saturated carbocycles. The molecule has 104 valence electrons. The van der Waals surface area contributed by atoms with E-state index in [0.717, 1.165) is 23.1 Å². The van der Waals surface area contributed by atoms with Crippen molar-refractivity contribution >= 4 is 33.2 Å². The van der Waals surface area contributed by atoms with Crippen molar-refractivity contribution in [2.24, 2.45) is 0 Å². The number of aryl methyl sites for hydroxylation is 1. The predicted octanol–water partition coefficient (Wildman–Crippen LogP) is 5.24. The average Bonchev–Trinajstić information content (AvgIpc) is 2.38. The first-order valence-corrected chi connectivity index (χ1v) is 7.39. The van der Waals surface area contributed by atoms with Crippen LogP contribution in [-0.2, 0) is 6.42 Å². The van der Waals surface area contributed by atoms with Gasteiger partial charge in [0.1, 0.15) is 0 Å². The van der Waals surface area contributed by atoms with Crippen LogP contribution in [0, 0.1) is 17.0 Å². The van der Waals surface area contributed by atoms with E-state index in [4.69, 9.17) is 11.6 Å². The molecule has 0 aliphatic rings. The van der Waals surface area contributed by atoms with E-state index >= 15 is 0 Å². The molecule has 2 rings (SSSR count). The van der Waals surface area contributed by atoms with Crippen molar-refractivity contribution in [2.75, 3.05) is 0 Å². The van der Waals surface area contributed by atoms with Crippen molar-refractivity contribution in [1.29, 1.82) is 0 Å². The highest BCUT2D eigenvalue weighted by molar-refractivity contribution is 9.09. The standard InChI is InChI=1S/C15H13BrClNO2/c1-10-6-12(9-13(17)7-10)15(16)8-11-2-4-14(5-3-11)18(19)20/h2-7,9,15H,8H2,1H3. The summed E-state index contributed by atoms with van der Waals surface area (Å²) in [6, 6.07) is 12.5. The van der Waals surface area contributed by atoms with Crippen molar-refractivity contribution in [3.8, 4) is 0 Å². The Balaban J connectivity index is 2.14. The first-order valence-electron chi connectivity index (χ1n) is 6.10. The summed E-state index contributed by atoms with van der Waals surface area (Å²) in [7, 11) is 0. The zero-order valence-corrected chi connectivity index (χ0v) is 13.2. The van der Waals surface area contributed by atoms with Gasteiger partial charge >= 0.3 is 0 Å². The highest BCUT2D eigenvalue weighted by Gasteiger charge is 2.11. The summed E-state index contributed by atoms with van der Waals surface area (Å²) in [5.74, 6) is 0. The molecule has 0 aromatic heterocycles. The molecular weight excluding hydrogens is 342 g/mol. The second-order valence-corrected chi connectivity index (χ2v) is 6.20. The number of nitrogens with zero attached hydrogens (tertiary/aromatic N) is 1. The molecule has 1 atom stereocenters. The van der Waals surface area contributed by atoms with Crippen molar-refractivity contribution in [2.45, 2.75) is 18.2 Å². The smallest absolute Gasteiger partial charge is 0.258 e. The highest BCUT2D eigenvalue weighted by Crippen LogP contribution is 2.30. The first-order chi connectivity index (χ1) is 9.45. The lowest BCUT2D eigenvalue weighted by Crippen LogP contribution is -1.97. The van der Waals surface area contributed by atoms with E-state index < -0.39 is 4.92 Å². The van der Waals surface area contributed by atoms with E-state index in [1.807, 2.05) is 19.1 Å². The highest BCUT2D eigenvalue weighted by atomic mass is 79.9. The van der Waals surface area contributed by atoms with Crippen LogP contribution in [0.15, 0.2) is 42.5 Å². The molecule has 5 heteroatoms. The van der Waals surface area contributed by atoms with Gasteiger partial charge in [-0.3, -0.25) is 10.1 Å². The van der Waals surface area contributed by atoms with Gasteiger partial charge in [0.05, 0.1) is 4.92 Å². The predicted molar refractivity (Wildman–Crippen MR) is 84.7 cm³/mol. The van der Waals surface area contributed by atoms with E-state index in [-0.39, 0.29) is 10.5 Å². The molecule has 0 bridgehead atoms. The van der Waals surface area contributed by atoms with Crippen LogP contribution in [0.5, 0.6) is 0 Å². The number of halogens is 2. The first kappa shape index (κ1) is 15.0. The number of hydrogen-bond acceptors (Lipinski definition) is 2. The van der Waals surface area contributed by atoms with Crippen LogP contribution in [0.2, 0.25) is 5.02 Å². The Morgan fingerprint density at radius 3 is 2.45 bits per heavy atom. The molecule has 0 saturated heterocycles. The van der Waals surface area contributed by atoms with E-state index in [1.165, 1.54) is 12.1 Å². The lowest BCUT2D eigenvalue weighted by Gasteiger charge is -2.12. The number of rotatable bonds is 4. The Morgan fingerprint density at radius 1 is 1.25 bits per heavy atom. The van der Waals surface area contributed by atoms with Crippen molar-refractivity contribution in [1.82, 2.24) is 0 Å². The molecule has 3 nitrogen and oxygen atoms in total. The van der Waals surface area contributed by atoms with Gasteiger partial charge in [-0.25, -0.2) is 0 Å². The quantitative estimate of drug-likeness (QED) is 0.428. The Hall–Kier alpha value is -1.39. The summed E-state index contributed by atoms with van der Waals surface area (Å²) in [4.78, 5) is 10.3. The lowest BCUT2D eigenvalue weighted by molar-refractivity contribution is -0.384. The molecule has 20 heavy (non-hydrogen) atoms. The molecule has 0 radical (unpaired) electrons. The average molecular weight is 355 g/mol. The molecule has 2 aromatic rings. The summed E-state index contributed by atoms with van der Waals surface area (Å²) in [5.41, 5.74) is 3.36. The van der Waals surface area contributed by atoms with Gasteiger partial charge in [-0.15, -0.1) is 0 Å².